The van der Waals surface area contributed by atoms with Gasteiger partial charge in [0.2, 0.25) is 0 Å². The highest BCUT2D eigenvalue weighted by molar-refractivity contribution is 6.30. The smallest absolute Gasteiger partial charge is 0.120 e. The Kier molecular flexibility index (Phi) is 6.13. The van der Waals surface area contributed by atoms with E-state index in [0.717, 1.165) is 24.4 Å². The van der Waals surface area contributed by atoms with Gasteiger partial charge in [0.25, 0.3) is 0 Å². The number of rotatable bonds is 6. The Labute approximate surface area is 149 Å². The summed E-state index contributed by atoms with van der Waals surface area (Å²) in [6, 6.07) is 16.5. The molecule has 1 fully saturated rings. The molecule has 0 radical (unpaired) electrons. The molecule has 1 saturated heterocycles. The van der Waals surface area contributed by atoms with Gasteiger partial charge in [-0.25, -0.2) is 0 Å². The molecule has 0 spiro atoms. The zero-order valence-corrected chi connectivity index (χ0v) is 14.8. The maximum absolute atomic E-state index is 6.08. The number of hydrogen-bond donors (Lipinski definition) is 0. The standard InChI is InChI=1S/C20H24ClNO2/c1-23-20-12-16(11-19(21)13-20)14-24-15-22-9-7-18(8-10-22)17-5-3-2-4-6-17/h2-6,11-13,18H,7-10,14-15H2,1H3. The highest BCUT2D eigenvalue weighted by Gasteiger charge is 2.20. The molecule has 4 heteroatoms. The molecular formula is C20H24ClNO2. The van der Waals surface area contributed by atoms with E-state index < -0.39 is 0 Å². The van der Waals surface area contributed by atoms with Gasteiger partial charge in [0.1, 0.15) is 5.75 Å². The summed E-state index contributed by atoms with van der Waals surface area (Å²) in [5, 5.41) is 0.677. The van der Waals surface area contributed by atoms with Gasteiger partial charge in [-0.05, 0) is 48.1 Å². The fraction of sp³-hybridized carbons (Fsp3) is 0.400. The fourth-order valence-corrected chi connectivity index (χ4v) is 3.48. The number of halogens is 1. The molecule has 2 aromatic rings. The Hall–Kier alpha value is -1.55. The fourth-order valence-electron chi connectivity index (χ4n) is 3.24. The topological polar surface area (TPSA) is 21.7 Å². The lowest BCUT2D eigenvalue weighted by Crippen LogP contribution is -2.34. The Morgan fingerprint density at radius 3 is 2.54 bits per heavy atom. The van der Waals surface area contributed by atoms with Crippen molar-refractivity contribution >= 4 is 11.6 Å². The molecule has 1 aliphatic heterocycles. The third kappa shape index (κ3) is 4.73. The minimum Gasteiger partial charge on any atom is -0.497 e. The molecular weight excluding hydrogens is 322 g/mol. The first-order valence-electron chi connectivity index (χ1n) is 8.43. The largest absolute Gasteiger partial charge is 0.497 e. The van der Waals surface area contributed by atoms with Gasteiger partial charge in [-0.15, -0.1) is 0 Å². The first-order valence-corrected chi connectivity index (χ1v) is 8.81. The molecule has 0 bridgehead atoms. The maximum atomic E-state index is 6.08. The minimum absolute atomic E-state index is 0.551. The van der Waals surface area contributed by atoms with Crippen LogP contribution in [0.3, 0.4) is 0 Å². The van der Waals surface area contributed by atoms with Crippen LogP contribution >= 0.6 is 11.6 Å². The monoisotopic (exact) mass is 345 g/mol. The van der Waals surface area contributed by atoms with Gasteiger partial charge >= 0.3 is 0 Å². The molecule has 128 valence electrons. The summed E-state index contributed by atoms with van der Waals surface area (Å²) >= 11 is 6.08. The Morgan fingerprint density at radius 2 is 1.83 bits per heavy atom. The number of ether oxygens (including phenoxy) is 2. The van der Waals surface area contributed by atoms with Crippen LogP contribution in [0.4, 0.5) is 0 Å². The normalized spacial score (nSPS) is 16.2. The lowest BCUT2D eigenvalue weighted by Gasteiger charge is -2.31. The number of benzene rings is 2. The van der Waals surface area contributed by atoms with Crippen LogP contribution in [-0.4, -0.2) is 31.8 Å². The van der Waals surface area contributed by atoms with Gasteiger partial charge in [0.05, 0.1) is 20.4 Å². The second-order valence-corrected chi connectivity index (χ2v) is 6.72. The molecule has 0 aromatic heterocycles. The van der Waals surface area contributed by atoms with E-state index in [-0.39, 0.29) is 0 Å². The van der Waals surface area contributed by atoms with E-state index in [1.807, 2.05) is 12.1 Å². The highest BCUT2D eigenvalue weighted by atomic mass is 35.5. The first-order chi connectivity index (χ1) is 11.7. The van der Waals surface area contributed by atoms with Crippen molar-refractivity contribution in [3.8, 4) is 5.75 Å². The van der Waals surface area contributed by atoms with E-state index in [1.54, 1.807) is 13.2 Å². The second kappa shape index (κ2) is 8.52. The molecule has 3 nitrogen and oxygen atoms in total. The average molecular weight is 346 g/mol. The third-order valence-electron chi connectivity index (χ3n) is 4.57. The van der Waals surface area contributed by atoms with Crippen LogP contribution in [0.2, 0.25) is 5.02 Å². The van der Waals surface area contributed by atoms with Gasteiger partial charge in [0.15, 0.2) is 0 Å². The van der Waals surface area contributed by atoms with Crippen molar-refractivity contribution in [3.05, 3.63) is 64.7 Å². The minimum atomic E-state index is 0.551. The highest BCUT2D eigenvalue weighted by Crippen LogP contribution is 2.27. The quantitative estimate of drug-likeness (QED) is 0.757. The van der Waals surface area contributed by atoms with E-state index >= 15 is 0 Å². The van der Waals surface area contributed by atoms with Crippen LogP contribution in [-0.2, 0) is 11.3 Å². The van der Waals surface area contributed by atoms with Crippen molar-refractivity contribution in [1.82, 2.24) is 4.90 Å². The SMILES string of the molecule is COc1cc(Cl)cc(COCN2CCC(c3ccccc3)CC2)c1. The molecule has 0 saturated carbocycles. The van der Waals surface area contributed by atoms with Gasteiger partial charge in [-0.3, -0.25) is 4.90 Å². The molecule has 0 amide bonds. The van der Waals surface area contributed by atoms with Crippen LogP contribution in [0, 0.1) is 0 Å². The summed E-state index contributed by atoms with van der Waals surface area (Å²) in [4.78, 5) is 2.38. The van der Waals surface area contributed by atoms with Gasteiger partial charge < -0.3 is 9.47 Å². The van der Waals surface area contributed by atoms with Gasteiger partial charge in [-0.2, -0.15) is 0 Å². The zero-order valence-electron chi connectivity index (χ0n) is 14.1. The van der Waals surface area contributed by atoms with E-state index in [0.29, 0.717) is 24.3 Å². The molecule has 3 rings (SSSR count). The van der Waals surface area contributed by atoms with Crippen molar-refractivity contribution in [2.75, 3.05) is 26.9 Å². The molecule has 1 heterocycles. The molecule has 24 heavy (non-hydrogen) atoms. The number of methoxy groups -OCH3 is 1. The van der Waals surface area contributed by atoms with Crippen molar-refractivity contribution in [1.29, 1.82) is 0 Å². The predicted molar refractivity (Wildman–Crippen MR) is 97.7 cm³/mol. The predicted octanol–water partition coefficient (Wildman–Crippen LogP) is 4.70. The summed E-state index contributed by atoms with van der Waals surface area (Å²) in [6.45, 7) is 3.38. The third-order valence-corrected chi connectivity index (χ3v) is 4.79. The molecule has 0 N–H and O–H groups in total. The van der Waals surface area contributed by atoms with E-state index in [2.05, 4.69) is 35.2 Å². The molecule has 0 unspecified atom stereocenters. The first kappa shape index (κ1) is 17.3. The lowest BCUT2D eigenvalue weighted by atomic mass is 9.90. The van der Waals surface area contributed by atoms with Crippen LogP contribution in [0.25, 0.3) is 0 Å². The van der Waals surface area contributed by atoms with Crippen LogP contribution in [0.5, 0.6) is 5.75 Å². The maximum Gasteiger partial charge on any atom is 0.120 e. The zero-order chi connectivity index (χ0) is 16.8. The van der Waals surface area contributed by atoms with Crippen molar-refractivity contribution in [2.24, 2.45) is 0 Å². The molecule has 0 atom stereocenters. The van der Waals surface area contributed by atoms with Gasteiger partial charge in [-0.1, -0.05) is 41.9 Å². The lowest BCUT2D eigenvalue weighted by molar-refractivity contribution is 0.00697. The Balaban J connectivity index is 1.43. The number of likely N-dealkylation sites (tertiary alicyclic amines) is 1. The summed E-state index contributed by atoms with van der Waals surface area (Å²) in [5.74, 6) is 1.45. The van der Waals surface area contributed by atoms with Crippen molar-refractivity contribution in [3.63, 3.8) is 0 Å². The van der Waals surface area contributed by atoms with Crippen LogP contribution < -0.4 is 4.74 Å². The molecule has 0 aliphatic carbocycles. The Bertz CT molecular complexity index is 639. The number of hydrogen-bond acceptors (Lipinski definition) is 3. The summed E-state index contributed by atoms with van der Waals surface area (Å²) in [5.41, 5.74) is 2.50. The summed E-state index contributed by atoms with van der Waals surface area (Å²) in [6.07, 6.45) is 2.39. The van der Waals surface area contributed by atoms with E-state index in [1.165, 1.54) is 18.4 Å². The van der Waals surface area contributed by atoms with E-state index in [9.17, 15) is 0 Å². The molecule has 2 aromatic carbocycles. The number of piperidine rings is 1. The van der Waals surface area contributed by atoms with Crippen LogP contribution in [0.1, 0.15) is 29.9 Å². The van der Waals surface area contributed by atoms with E-state index in [4.69, 9.17) is 21.1 Å². The average Bonchev–Trinajstić information content (AvgIpc) is 2.62. The van der Waals surface area contributed by atoms with Crippen LogP contribution in [0.15, 0.2) is 48.5 Å². The summed E-state index contributed by atoms with van der Waals surface area (Å²) < 4.78 is 11.1. The van der Waals surface area contributed by atoms with Crippen molar-refractivity contribution in [2.45, 2.75) is 25.4 Å². The van der Waals surface area contributed by atoms with Crippen molar-refractivity contribution < 1.29 is 9.47 Å². The second-order valence-electron chi connectivity index (χ2n) is 6.28. The Morgan fingerprint density at radius 1 is 1.08 bits per heavy atom. The van der Waals surface area contributed by atoms with Gasteiger partial charge in [0, 0.05) is 18.1 Å². The number of nitrogens with zero attached hydrogens (tertiary/aromatic N) is 1. The summed E-state index contributed by atoms with van der Waals surface area (Å²) in [7, 11) is 1.65. The molecule has 1 aliphatic rings.